The first-order valence-electron chi connectivity index (χ1n) is 5.69. The Morgan fingerprint density at radius 2 is 2.24 bits per heavy atom. The molecule has 2 aromatic rings. The van der Waals surface area contributed by atoms with Crippen molar-refractivity contribution in [2.75, 3.05) is 13.1 Å². The molecule has 2 N–H and O–H groups in total. The Kier molecular flexibility index (Phi) is 3.92. The van der Waals surface area contributed by atoms with E-state index < -0.39 is 0 Å². The maximum Gasteiger partial charge on any atom is 0.111 e. The molecule has 0 saturated carbocycles. The summed E-state index contributed by atoms with van der Waals surface area (Å²) in [5.74, 6) is 1.60. The topological polar surface area (TPSA) is 40.7 Å². The van der Waals surface area contributed by atoms with Crippen molar-refractivity contribution < 1.29 is 0 Å². The van der Waals surface area contributed by atoms with E-state index in [0.717, 1.165) is 35.0 Å². The molecule has 17 heavy (non-hydrogen) atoms. The van der Waals surface area contributed by atoms with Crippen molar-refractivity contribution in [2.24, 2.45) is 0 Å². The summed E-state index contributed by atoms with van der Waals surface area (Å²) in [5.41, 5.74) is 2.04. The number of benzene rings is 1. The Morgan fingerprint density at radius 1 is 1.35 bits per heavy atom. The molecular weight excluding hydrogens is 257 g/mol. The van der Waals surface area contributed by atoms with E-state index in [9.17, 15) is 0 Å². The first-order chi connectivity index (χ1) is 7.83. The molecule has 3 rings (SSSR count). The lowest BCUT2D eigenvalue weighted by Crippen LogP contribution is -2.28. The third-order valence-corrected chi connectivity index (χ3v) is 3.38. The van der Waals surface area contributed by atoms with Crippen LogP contribution in [-0.2, 0) is 0 Å². The zero-order chi connectivity index (χ0) is 11.0. The van der Waals surface area contributed by atoms with Crippen molar-refractivity contribution in [2.45, 2.75) is 18.8 Å². The molecule has 1 saturated heterocycles. The summed E-state index contributed by atoms with van der Waals surface area (Å²) in [6.45, 7) is 2.15. The maximum absolute atomic E-state index is 5.95. The van der Waals surface area contributed by atoms with E-state index in [1.807, 2.05) is 18.2 Å². The molecule has 1 aliphatic heterocycles. The van der Waals surface area contributed by atoms with Crippen LogP contribution in [0.15, 0.2) is 18.2 Å². The minimum Gasteiger partial charge on any atom is -0.342 e. The average Bonchev–Trinajstić information content (AvgIpc) is 2.73. The van der Waals surface area contributed by atoms with Gasteiger partial charge in [0.1, 0.15) is 5.82 Å². The Bertz CT molecular complexity index is 503. The number of aromatic amines is 1. The van der Waals surface area contributed by atoms with Crippen LogP contribution in [0.25, 0.3) is 11.0 Å². The number of hydrogen-bond acceptors (Lipinski definition) is 2. The number of rotatable bonds is 1. The molecular formula is C12H15Cl2N3. The molecule has 0 spiro atoms. The predicted octanol–water partition coefficient (Wildman–Crippen LogP) is 3.11. The number of fused-ring (bicyclic) bond motifs is 1. The minimum absolute atomic E-state index is 0. The van der Waals surface area contributed by atoms with Crippen LogP contribution in [0, 0.1) is 0 Å². The lowest BCUT2D eigenvalue weighted by molar-refractivity contribution is 0.449. The van der Waals surface area contributed by atoms with Crippen molar-refractivity contribution >= 4 is 35.0 Å². The zero-order valence-corrected chi connectivity index (χ0v) is 10.9. The summed E-state index contributed by atoms with van der Waals surface area (Å²) in [6, 6.07) is 5.78. The highest BCUT2D eigenvalue weighted by molar-refractivity contribution is 6.31. The predicted molar refractivity (Wildman–Crippen MR) is 73.2 cm³/mol. The second-order valence-corrected chi connectivity index (χ2v) is 4.76. The third-order valence-electron chi connectivity index (χ3n) is 3.15. The second kappa shape index (κ2) is 5.25. The molecule has 0 amide bonds. The van der Waals surface area contributed by atoms with Gasteiger partial charge in [-0.15, -0.1) is 12.4 Å². The molecule has 2 heterocycles. The van der Waals surface area contributed by atoms with Gasteiger partial charge in [0, 0.05) is 17.5 Å². The summed E-state index contributed by atoms with van der Waals surface area (Å²) in [7, 11) is 0. The van der Waals surface area contributed by atoms with Crippen LogP contribution in [0.4, 0.5) is 0 Å². The molecule has 1 aliphatic rings. The highest BCUT2D eigenvalue weighted by Crippen LogP contribution is 2.24. The molecule has 1 fully saturated rings. The molecule has 0 bridgehead atoms. The lowest BCUT2D eigenvalue weighted by Gasteiger charge is -2.20. The van der Waals surface area contributed by atoms with Crippen molar-refractivity contribution in [3.63, 3.8) is 0 Å². The van der Waals surface area contributed by atoms with Crippen molar-refractivity contribution in [3.8, 4) is 0 Å². The number of H-pyrrole nitrogens is 1. The molecule has 1 unspecified atom stereocenters. The minimum atomic E-state index is 0. The van der Waals surface area contributed by atoms with Crippen molar-refractivity contribution in [3.05, 3.63) is 29.0 Å². The second-order valence-electron chi connectivity index (χ2n) is 4.33. The molecule has 1 atom stereocenters. The van der Waals surface area contributed by atoms with Gasteiger partial charge in [-0.25, -0.2) is 4.98 Å². The molecule has 0 radical (unpaired) electrons. The summed E-state index contributed by atoms with van der Waals surface area (Å²) in [4.78, 5) is 7.99. The standard InChI is InChI=1S/C12H14ClN3.ClH/c13-9-3-4-10-11(6-9)16-12(15-10)8-2-1-5-14-7-8;/h3-4,6,8,14H,1-2,5,7H2,(H,15,16);1H. The highest BCUT2D eigenvalue weighted by atomic mass is 35.5. The number of piperidine rings is 1. The van der Waals surface area contributed by atoms with Gasteiger partial charge in [-0.2, -0.15) is 0 Å². The van der Waals surface area contributed by atoms with Gasteiger partial charge in [0.05, 0.1) is 11.0 Å². The van der Waals surface area contributed by atoms with Crippen molar-refractivity contribution in [1.82, 2.24) is 15.3 Å². The van der Waals surface area contributed by atoms with E-state index in [-0.39, 0.29) is 12.4 Å². The fourth-order valence-electron chi connectivity index (χ4n) is 2.28. The SMILES string of the molecule is Cl.Clc1ccc2nc(C3CCCNC3)[nH]c2c1. The van der Waals surface area contributed by atoms with Crippen LogP contribution in [0.1, 0.15) is 24.6 Å². The fourth-order valence-corrected chi connectivity index (χ4v) is 2.45. The summed E-state index contributed by atoms with van der Waals surface area (Å²) in [6.07, 6.45) is 2.43. The Hall–Kier alpha value is -0.770. The Balaban J connectivity index is 0.00000108. The summed E-state index contributed by atoms with van der Waals surface area (Å²) < 4.78 is 0. The fraction of sp³-hybridized carbons (Fsp3) is 0.417. The lowest BCUT2D eigenvalue weighted by atomic mass is 9.99. The van der Waals surface area contributed by atoms with Crippen molar-refractivity contribution in [1.29, 1.82) is 0 Å². The molecule has 3 nitrogen and oxygen atoms in total. The number of aromatic nitrogens is 2. The maximum atomic E-state index is 5.95. The summed E-state index contributed by atoms with van der Waals surface area (Å²) >= 11 is 5.95. The van der Waals surface area contributed by atoms with Crippen LogP contribution in [0.2, 0.25) is 5.02 Å². The molecule has 0 aliphatic carbocycles. The van der Waals surface area contributed by atoms with E-state index >= 15 is 0 Å². The first kappa shape index (κ1) is 12.7. The number of halogens is 2. The van der Waals surface area contributed by atoms with Gasteiger partial charge in [0.2, 0.25) is 0 Å². The van der Waals surface area contributed by atoms with Crippen LogP contribution < -0.4 is 5.32 Å². The van der Waals surface area contributed by atoms with E-state index in [4.69, 9.17) is 11.6 Å². The highest BCUT2D eigenvalue weighted by Gasteiger charge is 2.18. The van der Waals surface area contributed by atoms with E-state index in [1.165, 1.54) is 12.8 Å². The van der Waals surface area contributed by atoms with Crippen LogP contribution >= 0.6 is 24.0 Å². The molecule has 1 aromatic carbocycles. The third kappa shape index (κ3) is 2.57. The van der Waals surface area contributed by atoms with E-state index in [1.54, 1.807) is 0 Å². The van der Waals surface area contributed by atoms with Gasteiger partial charge in [0.15, 0.2) is 0 Å². The summed E-state index contributed by atoms with van der Waals surface area (Å²) in [5, 5.41) is 4.16. The first-order valence-corrected chi connectivity index (χ1v) is 6.06. The van der Waals surface area contributed by atoms with Crippen LogP contribution in [0.3, 0.4) is 0 Å². The number of hydrogen-bond donors (Lipinski definition) is 2. The average molecular weight is 272 g/mol. The molecule has 5 heteroatoms. The largest absolute Gasteiger partial charge is 0.342 e. The normalized spacial score (nSPS) is 20.2. The van der Waals surface area contributed by atoms with Crippen LogP contribution in [0.5, 0.6) is 0 Å². The molecule has 1 aromatic heterocycles. The number of nitrogens with zero attached hydrogens (tertiary/aromatic N) is 1. The van der Waals surface area contributed by atoms with Gasteiger partial charge in [-0.1, -0.05) is 11.6 Å². The van der Waals surface area contributed by atoms with Gasteiger partial charge in [-0.05, 0) is 37.6 Å². The smallest absolute Gasteiger partial charge is 0.111 e. The van der Waals surface area contributed by atoms with E-state index in [2.05, 4.69) is 15.3 Å². The van der Waals surface area contributed by atoms with E-state index in [0.29, 0.717) is 5.92 Å². The zero-order valence-electron chi connectivity index (χ0n) is 9.37. The number of imidazole rings is 1. The Labute approximate surface area is 111 Å². The Morgan fingerprint density at radius 3 is 3.00 bits per heavy atom. The monoisotopic (exact) mass is 271 g/mol. The quantitative estimate of drug-likeness (QED) is 0.837. The van der Waals surface area contributed by atoms with Gasteiger partial charge in [-0.3, -0.25) is 0 Å². The number of nitrogens with one attached hydrogen (secondary N) is 2. The van der Waals surface area contributed by atoms with Crippen LogP contribution in [-0.4, -0.2) is 23.1 Å². The van der Waals surface area contributed by atoms with Gasteiger partial charge in [0.25, 0.3) is 0 Å². The van der Waals surface area contributed by atoms with Gasteiger partial charge >= 0.3 is 0 Å². The van der Waals surface area contributed by atoms with Gasteiger partial charge < -0.3 is 10.3 Å². The molecule has 92 valence electrons.